The molecular formula is C17H22ClNO. The summed E-state index contributed by atoms with van der Waals surface area (Å²) in [6, 6.07) is 10.6. The molecule has 0 aliphatic heterocycles. The van der Waals surface area contributed by atoms with Crippen molar-refractivity contribution in [1.82, 2.24) is 4.90 Å². The molecule has 108 valence electrons. The van der Waals surface area contributed by atoms with Gasteiger partial charge in [0.1, 0.15) is 0 Å². The van der Waals surface area contributed by atoms with Crippen LogP contribution >= 0.6 is 11.6 Å². The lowest BCUT2D eigenvalue weighted by Gasteiger charge is -2.35. The van der Waals surface area contributed by atoms with Crippen LogP contribution in [-0.2, 0) is 4.79 Å². The number of carbonyl (C=O) groups is 1. The lowest BCUT2D eigenvalue weighted by atomic mass is 9.93. The van der Waals surface area contributed by atoms with Gasteiger partial charge >= 0.3 is 0 Å². The topological polar surface area (TPSA) is 20.3 Å². The third-order valence-corrected chi connectivity index (χ3v) is 5.34. The minimum absolute atomic E-state index is 0.131. The maximum Gasteiger partial charge on any atom is 0.226 e. The molecule has 2 fully saturated rings. The Balaban J connectivity index is 1.62. The molecule has 3 rings (SSSR count). The highest BCUT2D eigenvalue weighted by molar-refractivity contribution is 6.21. The third kappa shape index (κ3) is 2.71. The highest BCUT2D eigenvalue weighted by Crippen LogP contribution is 2.48. The second-order valence-corrected chi connectivity index (χ2v) is 6.74. The maximum atomic E-state index is 12.6. The number of benzene rings is 1. The van der Waals surface area contributed by atoms with Crippen molar-refractivity contribution >= 4 is 17.5 Å². The van der Waals surface area contributed by atoms with Crippen LogP contribution in [-0.4, -0.2) is 29.3 Å². The fourth-order valence-electron chi connectivity index (χ4n) is 3.46. The predicted octanol–water partition coefficient (Wildman–Crippen LogP) is 3.80. The molecule has 20 heavy (non-hydrogen) atoms. The van der Waals surface area contributed by atoms with Gasteiger partial charge in [0.05, 0.1) is 5.38 Å². The van der Waals surface area contributed by atoms with E-state index in [2.05, 4.69) is 24.3 Å². The molecule has 0 aromatic heterocycles. The van der Waals surface area contributed by atoms with Gasteiger partial charge in [0.25, 0.3) is 0 Å². The van der Waals surface area contributed by atoms with Crippen LogP contribution in [0, 0.1) is 5.92 Å². The molecule has 4 atom stereocenters. The molecule has 3 heteroatoms. The molecule has 0 radical (unpaired) electrons. The Morgan fingerprint density at radius 2 is 1.90 bits per heavy atom. The highest BCUT2D eigenvalue weighted by atomic mass is 35.5. The van der Waals surface area contributed by atoms with E-state index in [1.807, 2.05) is 18.0 Å². The monoisotopic (exact) mass is 291 g/mol. The van der Waals surface area contributed by atoms with E-state index in [0.717, 1.165) is 19.3 Å². The lowest BCUT2D eigenvalue weighted by Crippen LogP contribution is -2.45. The standard InChI is InChI=1S/C17H22ClNO/c1-19(16-10-6-5-9-15(16)18)17(20)14-11-13(14)12-7-3-2-4-8-12/h2-4,7-8,13-16H,5-6,9-11H2,1H3. The summed E-state index contributed by atoms with van der Waals surface area (Å²) >= 11 is 6.41. The molecule has 4 unspecified atom stereocenters. The van der Waals surface area contributed by atoms with Crippen LogP contribution in [0.4, 0.5) is 0 Å². The number of nitrogens with zero attached hydrogens (tertiary/aromatic N) is 1. The number of rotatable bonds is 3. The molecule has 2 saturated carbocycles. The third-order valence-electron chi connectivity index (χ3n) is 4.83. The van der Waals surface area contributed by atoms with E-state index in [0.29, 0.717) is 5.92 Å². The maximum absolute atomic E-state index is 12.6. The van der Waals surface area contributed by atoms with Crippen molar-refractivity contribution in [2.75, 3.05) is 7.05 Å². The van der Waals surface area contributed by atoms with Gasteiger partial charge in [-0.25, -0.2) is 0 Å². The number of hydrogen-bond acceptors (Lipinski definition) is 1. The Kier molecular flexibility index (Phi) is 4.02. The summed E-state index contributed by atoms with van der Waals surface area (Å²) in [6.07, 6.45) is 5.48. The van der Waals surface area contributed by atoms with Crippen LogP contribution in [0.5, 0.6) is 0 Å². The Labute approximate surface area is 126 Å². The molecule has 1 aromatic rings. The van der Waals surface area contributed by atoms with Crippen molar-refractivity contribution < 1.29 is 4.79 Å². The second kappa shape index (κ2) is 5.77. The molecule has 2 aliphatic carbocycles. The van der Waals surface area contributed by atoms with Crippen molar-refractivity contribution in [3.63, 3.8) is 0 Å². The smallest absolute Gasteiger partial charge is 0.226 e. The Hall–Kier alpha value is -1.02. The predicted molar refractivity (Wildman–Crippen MR) is 82.0 cm³/mol. The van der Waals surface area contributed by atoms with Crippen LogP contribution in [0.1, 0.15) is 43.6 Å². The van der Waals surface area contributed by atoms with E-state index in [9.17, 15) is 4.79 Å². The molecule has 1 amide bonds. The molecule has 2 aliphatic rings. The quantitative estimate of drug-likeness (QED) is 0.776. The van der Waals surface area contributed by atoms with E-state index in [4.69, 9.17) is 11.6 Å². The highest BCUT2D eigenvalue weighted by Gasteiger charge is 2.46. The lowest BCUT2D eigenvalue weighted by molar-refractivity contribution is -0.133. The number of hydrogen-bond donors (Lipinski definition) is 0. The summed E-state index contributed by atoms with van der Waals surface area (Å²) < 4.78 is 0. The van der Waals surface area contributed by atoms with Crippen molar-refractivity contribution in [3.05, 3.63) is 35.9 Å². The number of alkyl halides is 1. The van der Waals surface area contributed by atoms with Gasteiger partial charge < -0.3 is 4.90 Å². The molecule has 0 saturated heterocycles. The van der Waals surface area contributed by atoms with Crippen LogP contribution in [0.15, 0.2) is 30.3 Å². The fourth-order valence-corrected chi connectivity index (χ4v) is 3.91. The summed E-state index contributed by atoms with van der Waals surface area (Å²) in [5.74, 6) is 0.883. The van der Waals surface area contributed by atoms with Crippen molar-refractivity contribution in [2.45, 2.75) is 49.4 Å². The van der Waals surface area contributed by atoms with Gasteiger partial charge in [-0.05, 0) is 30.7 Å². The Morgan fingerprint density at radius 1 is 1.20 bits per heavy atom. The minimum atomic E-state index is 0.131. The largest absolute Gasteiger partial charge is 0.341 e. The first kappa shape index (κ1) is 13.9. The normalized spacial score (nSPS) is 32.7. The molecular weight excluding hydrogens is 270 g/mol. The average molecular weight is 292 g/mol. The van der Waals surface area contributed by atoms with Crippen molar-refractivity contribution in [2.24, 2.45) is 5.92 Å². The molecule has 0 heterocycles. The van der Waals surface area contributed by atoms with Crippen LogP contribution < -0.4 is 0 Å². The van der Waals surface area contributed by atoms with Crippen LogP contribution in [0.2, 0.25) is 0 Å². The van der Waals surface area contributed by atoms with E-state index in [1.54, 1.807) is 0 Å². The van der Waals surface area contributed by atoms with Gasteiger partial charge in [0, 0.05) is 19.0 Å². The zero-order valence-electron chi connectivity index (χ0n) is 12.0. The van der Waals surface area contributed by atoms with Gasteiger partial charge in [-0.3, -0.25) is 4.79 Å². The summed E-state index contributed by atoms with van der Waals surface area (Å²) in [6.45, 7) is 0. The Bertz CT molecular complexity index is 475. The van der Waals surface area contributed by atoms with Gasteiger partial charge in [-0.2, -0.15) is 0 Å². The van der Waals surface area contributed by atoms with Gasteiger partial charge in [0.2, 0.25) is 5.91 Å². The molecule has 0 N–H and O–H groups in total. The minimum Gasteiger partial charge on any atom is -0.341 e. The number of carbonyl (C=O) groups excluding carboxylic acids is 1. The summed E-state index contributed by atoms with van der Waals surface area (Å²) in [5, 5.41) is 0.131. The SMILES string of the molecule is CN(C(=O)C1CC1c1ccccc1)C1CCCCC1Cl. The van der Waals surface area contributed by atoms with Crippen LogP contribution in [0.25, 0.3) is 0 Å². The Morgan fingerprint density at radius 3 is 2.60 bits per heavy atom. The zero-order valence-corrected chi connectivity index (χ0v) is 12.7. The first-order valence-corrected chi connectivity index (χ1v) is 8.08. The molecule has 0 bridgehead atoms. The van der Waals surface area contributed by atoms with Crippen molar-refractivity contribution in [1.29, 1.82) is 0 Å². The van der Waals surface area contributed by atoms with Gasteiger partial charge in [-0.1, -0.05) is 43.2 Å². The molecule has 1 aromatic carbocycles. The number of amides is 1. The number of halogens is 1. The van der Waals surface area contributed by atoms with E-state index in [1.165, 1.54) is 18.4 Å². The average Bonchev–Trinajstić information content (AvgIpc) is 3.28. The van der Waals surface area contributed by atoms with Crippen LogP contribution in [0.3, 0.4) is 0 Å². The van der Waals surface area contributed by atoms with E-state index in [-0.39, 0.29) is 23.2 Å². The molecule has 2 nitrogen and oxygen atoms in total. The summed E-state index contributed by atoms with van der Waals surface area (Å²) in [5.41, 5.74) is 1.30. The summed E-state index contributed by atoms with van der Waals surface area (Å²) in [4.78, 5) is 14.5. The fraction of sp³-hybridized carbons (Fsp3) is 0.588. The van der Waals surface area contributed by atoms with E-state index >= 15 is 0 Å². The second-order valence-electron chi connectivity index (χ2n) is 6.18. The van der Waals surface area contributed by atoms with E-state index < -0.39 is 0 Å². The summed E-state index contributed by atoms with van der Waals surface area (Å²) in [7, 11) is 1.94. The van der Waals surface area contributed by atoms with Gasteiger partial charge in [0.15, 0.2) is 0 Å². The first-order chi connectivity index (χ1) is 9.68. The first-order valence-electron chi connectivity index (χ1n) is 7.64. The van der Waals surface area contributed by atoms with Gasteiger partial charge in [-0.15, -0.1) is 11.6 Å². The zero-order chi connectivity index (χ0) is 14.1. The molecule has 0 spiro atoms. The van der Waals surface area contributed by atoms with Crippen molar-refractivity contribution in [3.8, 4) is 0 Å².